The maximum Gasteiger partial charge on any atom is 0.305 e. The van der Waals surface area contributed by atoms with Crippen molar-refractivity contribution in [3.05, 3.63) is 36.5 Å². The zero-order valence-corrected chi connectivity index (χ0v) is 57.6. The van der Waals surface area contributed by atoms with Crippen LogP contribution in [0.4, 0.5) is 0 Å². The number of ether oxygens (including phenoxy) is 1. The van der Waals surface area contributed by atoms with Gasteiger partial charge in [0.1, 0.15) is 0 Å². The van der Waals surface area contributed by atoms with Gasteiger partial charge in [0.15, 0.2) is 0 Å². The van der Waals surface area contributed by atoms with E-state index in [0.29, 0.717) is 19.4 Å². The third-order valence-electron chi connectivity index (χ3n) is 18.2. The van der Waals surface area contributed by atoms with Crippen molar-refractivity contribution >= 4 is 11.9 Å². The second kappa shape index (κ2) is 74.5. The van der Waals surface area contributed by atoms with E-state index in [1.807, 2.05) is 6.08 Å². The van der Waals surface area contributed by atoms with Crippen LogP contribution in [0.3, 0.4) is 0 Å². The average molecular weight is 1200 g/mol. The summed E-state index contributed by atoms with van der Waals surface area (Å²) in [4.78, 5) is 24.7. The predicted molar refractivity (Wildman–Crippen MR) is 375 cm³/mol. The monoisotopic (exact) mass is 1190 g/mol. The lowest BCUT2D eigenvalue weighted by atomic mass is 10.0. The molecule has 0 aliphatic heterocycles. The molecule has 85 heavy (non-hydrogen) atoms. The molecule has 0 aliphatic carbocycles. The first kappa shape index (κ1) is 83.1. The number of carbonyl (C=O) groups is 2. The van der Waals surface area contributed by atoms with Crippen molar-refractivity contribution in [3.63, 3.8) is 0 Å². The van der Waals surface area contributed by atoms with Gasteiger partial charge in [0.25, 0.3) is 0 Å². The molecule has 502 valence electrons. The molecule has 0 heterocycles. The highest BCUT2D eigenvalue weighted by molar-refractivity contribution is 5.76. The minimum Gasteiger partial charge on any atom is -0.466 e. The van der Waals surface area contributed by atoms with Crippen LogP contribution in [0, 0.1) is 0 Å². The summed E-state index contributed by atoms with van der Waals surface area (Å²) < 4.78 is 5.51. The Kier molecular flexibility index (Phi) is 72.9. The fraction of sp³-hybridized carbons (Fsp3) is 0.899. The lowest BCUT2D eigenvalue weighted by molar-refractivity contribution is -0.143. The molecule has 0 saturated heterocycles. The number of carbonyl (C=O) groups excluding carboxylic acids is 2. The van der Waals surface area contributed by atoms with Crippen LogP contribution in [-0.4, -0.2) is 47.4 Å². The van der Waals surface area contributed by atoms with Gasteiger partial charge in [0.05, 0.1) is 25.4 Å². The number of allylic oxidation sites excluding steroid dienone is 5. The van der Waals surface area contributed by atoms with Gasteiger partial charge in [-0.25, -0.2) is 0 Å². The topological polar surface area (TPSA) is 95.9 Å². The number of nitrogens with one attached hydrogen (secondary N) is 1. The Balaban J connectivity index is 3.38. The van der Waals surface area contributed by atoms with Crippen molar-refractivity contribution in [2.75, 3.05) is 13.2 Å². The van der Waals surface area contributed by atoms with Crippen LogP contribution in [0.2, 0.25) is 0 Å². The third-order valence-corrected chi connectivity index (χ3v) is 18.2. The lowest BCUT2D eigenvalue weighted by Gasteiger charge is -2.20. The summed E-state index contributed by atoms with van der Waals surface area (Å²) in [7, 11) is 0. The highest BCUT2D eigenvalue weighted by atomic mass is 16.5. The SMILES string of the molecule is CCCCC/C=C\C/C=C\CCCCCCCCCCCC(=O)OCCCCCCCCCCCCCCCCCCCCCCCCCCCC(=O)NC(CO)C(O)/C=C/CCCCCCCCCCCCCCCCCCCCCCCC. The number of amides is 1. The van der Waals surface area contributed by atoms with Crippen molar-refractivity contribution in [1.82, 2.24) is 5.32 Å². The molecule has 0 bridgehead atoms. The van der Waals surface area contributed by atoms with Gasteiger partial charge < -0.3 is 20.3 Å². The Morgan fingerprint density at radius 1 is 0.329 bits per heavy atom. The van der Waals surface area contributed by atoms with Gasteiger partial charge in [0, 0.05) is 12.8 Å². The van der Waals surface area contributed by atoms with E-state index in [9.17, 15) is 19.8 Å². The molecule has 0 rings (SSSR count). The fourth-order valence-corrected chi connectivity index (χ4v) is 12.3. The number of esters is 1. The molecule has 0 fully saturated rings. The number of hydrogen-bond acceptors (Lipinski definition) is 5. The summed E-state index contributed by atoms with van der Waals surface area (Å²) >= 11 is 0. The van der Waals surface area contributed by atoms with E-state index in [1.165, 1.54) is 353 Å². The van der Waals surface area contributed by atoms with Crippen LogP contribution < -0.4 is 5.32 Å². The molecule has 0 aromatic carbocycles. The second-order valence-corrected chi connectivity index (χ2v) is 26.7. The smallest absolute Gasteiger partial charge is 0.305 e. The van der Waals surface area contributed by atoms with Crippen LogP contribution in [0.25, 0.3) is 0 Å². The van der Waals surface area contributed by atoms with Crippen LogP contribution in [0.5, 0.6) is 0 Å². The molecule has 0 saturated carbocycles. The maximum absolute atomic E-state index is 12.6. The van der Waals surface area contributed by atoms with Crippen molar-refractivity contribution in [1.29, 1.82) is 0 Å². The first-order chi connectivity index (χ1) is 42.0. The van der Waals surface area contributed by atoms with Crippen molar-refractivity contribution < 1.29 is 24.5 Å². The predicted octanol–water partition coefficient (Wildman–Crippen LogP) is 25.4. The molecule has 0 spiro atoms. The van der Waals surface area contributed by atoms with Gasteiger partial charge in [-0.2, -0.15) is 0 Å². The van der Waals surface area contributed by atoms with Crippen molar-refractivity contribution in [3.8, 4) is 0 Å². The van der Waals surface area contributed by atoms with Crippen molar-refractivity contribution in [2.45, 2.75) is 443 Å². The molecule has 0 radical (unpaired) electrons. The standard InChI is InChI=1S/C79H151NO5/c1-3-5-7-9-11-13-15-17-19-21-23-24-25-29-32-36-39-43-47-51-55-59-63-67-71-77(82)76(75-81)80-78(83)72-68-64-60-56-52-48-44-40-37-33-30-27-26-28-31-34-38-42-46-50-54-58-62-66-70-74-85-79(84)73-69-65-61-57-53-49-45-41-35-22-20-18-16-14-12-10-8-6-4-2/h12,14,18,20,67,71,76-77,81-82H,3-11,13,15-17,19,21-66,68-70,72-75H2,1-2H3,(H,80,83)/b14-12-,20-18-,71-67+. The summed E-state index contributed by atoms with van der Waals surface area (Å²) in [6.07, 6.45) is 96.8. The van der Waals surface area contributed by atoms with Crippen LogP contribution in [-0.2, 0) is 14.3 Å². The number of unbranched alkanes of at least 4 members (excludes halogenated alkanes) is 58. The Morgan fingerprint density at radius 3 is 0.918 bits per heavy atom. The van der Waals surface area contributed by atoms with E-state index in [-0.39, 0.29) is 18.5 Å². The van der Waals surface area contributed by atoms with Crippen molar-refractivity contribution in [2.24, 2.45) is 0 Å². The summed E-state index contributed by atoms with van der Waals surface area (Å²) in [5.41, 5.74) is 0. The average Bonchev–Trinajstić information content (AvgIpc) is 3.51. The maximum atomic E-state index is 12.6. The Hall–Kier alpha value is -1.92. The zero-order valence-electron chi connectivity index (χ0n) is 57.6. The summed E-state index contributed by atoms with van der Waals surface area (Å²) in [5, 5.41) is 23.3. The van der Waals surface area contributed by atoms with Gasteiger partial charge >= 0.3 is 5.97 Å². The molecule has 2 unspecified atom stereocenters. The molecule has 0 aromatic heterocycles. The van der Waals surface area contributed by atoms with Crippen LogP contribution in [0.1, 0.15) is 431 Å². The highest BCUT2D eigenvalue weighted by Crippen LogP contribution is 2.20. The minimum atomic E-state index is -0.845. The molecule has 6 nitrogen and oxygen atoms in total. The second-order valence-electron chi connectivity index (χ2n) is 26.7. The molecule has 1 amide bonds. The lowest BCUT2D eigenvalue weighted by Crippen LogP contribution is -2.45. The molecule has 0 aromatic rings. The van der Waals surface area contributed by atoms with Gasteiger partial charge in [-0.05, 0) is 64.2 Å². The molecule has 0 aliphatic rings. The van der Waals surface area contributed by atoms with E-state index in [1.54, 1.807) is 6.08 Å². The minimum absolute atomic E-state index is 0.0131. The van der Waals surface area contributed by atoms with Gasteiger partial charge in [-0.3, -0.25) is 9.59 Å². The number of aliphatic hydroxyl groups is 2. The van der Waals surface area contributed by atoms with Crippen LogP contribution >= 0.6 is 0 Å². The van der Waals surface area contributed by atoms with Gasteiger partial charge in [-0.15, -0.1) is 0 Å². The molecular weight excluding hydrogens is 1040 g/mol. The van der Waals surface area contributed by atoms with Gasteiger partial charge in [0.2, 0.25) is 5.91 Å². The fourth-order valence-electron chi connectivity index (χ4n) is 12.3. The number of hydrogen-bond donors (Lipinski definition) is 3. The molecule has 6 heteroatoms. The Bertz CT molecular complexity index is 1380. The van der Waals surface area contributed by atoms with E-state index in [0.717, 1.165) is 51.4 Å². The normalized spacial score (nSPS) is 12.7. The summed E-state index contributed by atoms with van der Waals surface area (Å²) in [6, 6.07) is -0.628. The molecular formula is C79H151NO5. The Morgan fingerprint density at radius 2 is 0.588 bits per heavy atom. The van der Waals surface area contributed by atoms with E-state index in [4.69, 9.17) is 4.74 Å². The first-order valence-corrected chi connectivity index (χ1v) is 38.8. The Labute approximate surface area is 532 Å². The number of aliphatic hydroxyl groups excluding tert-OH is 2. The third kappa shape index (κ3) is 71.0. The molecule has 2 atom stereocenters. The highest BCUT2D eigenvalue weighted by Gasteiger charge is 2.18. The zero-order chi connectivity index (χ0) is 61.3. The summed E-state index contributed by atoms with van der Waals surface area (Å²) in [6.45, 7) is 4.92. The van der Waals surface area contributed by atoms with Gasteiger partial charge in [-0.1, -0.05) is 391 Å². The van der Waals surface area contributed by atoms with Crippen LogP contribution in [0.15, 0.2) is 36.5 Å². The number of rotatable bonds is 73. The van der Waals surface area contributed by atoms with E-state index < -0.39 is 12.1 Å². The largest absolute Gasteiger partial charge is 0.466 e. The molecule has 3 N–H and O–H groups in total. The van der Waals surface area contributed by atoms with E-state index >= 15 is 0 Å². The van der Waals surface area contributed by atoms with E-state index in [2.05, 4.69) is 43.5 Å². The first-order valence-electron chi connectivity index (χ1n) is 38.8. The quantitative estimate of drug-likeness (QED) is 0.0320. The summed E-state index contributed by atoms with van der Waals surface area (Å²) in [5.74, 6) is -0.0484.